The predicted octanol–water partition coefficient (Wildman–Crippen LogP) is 3.31. The normalized spacial score (nSPS) is 14.8. The maximum Gasteiger partial charge on any atom is 0.338 e. The van der Waals surface area contributed by atoms with E-state index < -0.39 is 24.5 Å². The van der Waals surface area contributed by atoms with Gasteiger partial charge in [0.05, 0.1) is 5.56 Å². The molecule has 0 aromatic heterocycles. The molecule has 1 aromatic carbocycles. The fourth-order valence-corrected chi connectivity index (χ4v) is 3.04. The van der Waals surface area contributed by atoms with E-state index in [0.29, 0.717) is 0 Å². The lowest BCUT2D eigenvalue weighted by atomic mass is 9.96. The minimum atomic E-state index is -0.748. The third kappa shape index (κ3) is 6.02. The number of hydrogen-bond donors (Lipinski definition) is 2. The molecule has 1 aliphatic carbocycles. The van der Waals surface area contributed by atoms with Gasteiger partial charge in [0.25, 0.3) is 5.91 Å². The molecule has 2 N–H and O–H groups in total. The van der Waals surface area contributed by atoms with Gasteiger partial charge in [-0.3, -0.25) is 10.1 Å². The van der Waals surface area contributed by atoms with Crippen molar-refractivity contribution in [2.45, 2.75) is 38.1 Å². The Balaban J connectivity index is 1.75. The first-order valence-electron chi connectivity index (χ1n) is 7.67. The van der Waals surface area contributed by atoms with Crippen LogP contribution >= 0.6 is 23.2 Å². The number of rotatable bonds is 4. The Hall–Kier alpha value is -1.79. The minimum Gasteiger partial charge on any atom is -0.452 e. The van der Waals surface area contributed by atoms with Gasteiger partial charge in [0, 0.05) is 16.1 Å². The first kappa shape index (κ1) is 18.5. The first-order chi connectivity index (χ1) is 11.4. The van der Waals surface area contributed by atoms with Gasteiger partial charge in [0.2, 0.25) is 0 Å². The summed E-state index contributed by atoms with van der Waals surface area (Å²) in [6, 6.07) is 3.74. The summed E-state index contributed by atoms with van der Waals surface area (Å²) in [5, 5.41) is 5.44. The van der Waals surface area contributed by atoms with Crippen LogP contribution in [0.4, 0.5) is 4.79 Å². The largest absolute Gasteiger partial charge is 0.452 e. The molecular weight excluding hydrogens is 355 g/mol. The van der Waals surface area contributed by atoms with Crippen LogP contribution < -0.4 is 10.6 Å². The Morgan fingerprint density at radius 3 is 2.29 bits per heavy atom. The second kappa shape index (κ2) is 8.89. The molecule has 24 heavy (non-hydrogen) atoms. The van der Waals surface area contributed by atoms with E-state index in [1.54, 1.807) is 0 Å². The van der Waals surface area contributed by atoms with Crippen LogP contribution in [0.5, 0.6) is 0 Å². The molecule has 1 aliphatic rings. The zero-order valence-corrected chi connectivity index (χ0v) is 14.5. The van der Waals surface area contributed by atoms with Gasteiger partial charge in [-0.25, -0.2) is 9.59 Å². The molecule has 6 nitrogen and oxygen atoms in total. The van der Waals surface area contributed by atoms with E-state index in [0.717, 1.165) is 25.7 Å². The summed E-state index contributed by atoms with van der Waals surface area (Å²) in [5.74, 6) is -1.45. The number of imide groups is 1. The monoisotopic (exact) mass is 372 g/mol. The maximum atomic E-state index is 11.8. The van der Waals surface area contributed by atoms with E-state index in [-0.39, 0.29) is 21.7 Å². The van der Waals surface area contributed by atoms with Crippen molar-refractivity contribution in [3.05, 3.63) is 33.8 Å². The summed E-state index contributed by atoms with van der Waals surface area (Å²) >= 11 is 11.6. The number of urea groups is 1. The van der Waals surface area contributed by atoms with Crippen LogP contribution in [0.1, 0.15) is 42.5 Å². The predicted molar refractivity (Wildman–Crippen MR) is 90.3 cm³/mol. The number of hydrogen-bond acceptors (Lipinski definition) is 4. The Kier molecular flexibility index (Phi) is 6.87. The molecule has 2 rings (SSSR count). The van der Waals surface area contributed by atoms with Crippen molar-refractivity contribution in [2.24, 2.45) is 0 Å². The van der Waals surface area contributed by atoms with Crippen LogP contribution in [0.3, 0.4) is 0 Å². The topological polar surface area (TPSA) is 84.5 Å². The van der Waals surface area contributed by atoms with Gasteiger partial charge < -0.3 is 10.1 Å². The van der Waals surface area contributed by atoms with Crippen molar-refractivity contribution < 1.29 is 19.1 Å². The Labute approximate surface area is 149 Å². The summed E-state index contributed by atoms with van der Waals surface area (Å²) in [6.07, 6.45) is 5.12. The summed E-state index contributed by atoms with van der Waals surface area (Å²) in [7, 11) is 0. The van der Waals surface area contributed by atoms with Gasteiger partial charge in [0.1, 0.15) is 0 Å². The molecule has 0 spiro atoms. The molecule has 8 heteroatoms. The molecule has 0 atom stereocenters. The number of ether oxygens (including phenoxy) is 1. The van der Waals surface area contributed by atoms with Gasteiger partial charge in [-0.15, -0.1) is 0 Å². The van der Waals surface area contributed by atoms with Crippen LogP contribution in [0.15, 0.2) is 18.2 Å². The molecule has 1 aromatic rings. The number of carbonyl (C=O) groups is 3. The van der Waals surface area contributed by atoms with Crippen LogP contribution in [0, 0.1) is 0 Å². The lowest BCUT2D eigenvalue weighted by molar-refractivity contribution is -0.123. The van der Waals surface area contributed by atoms with Crippen molar-refractivity contribution in [2.75, 3.05) is 6.61 Å². The average Bonchev–Trinajstić information content (AvgIpc) is 2.52. The summed E-state index contributed by atoms with van der Waals surface area (Å²) in [6.45, 7) is -0.568. The smallest absolute Gasteiger partial charge is 0.338 e. The number of esters is 1. The maximum absolute atomic E-state index is 11.8. The van der Waals surface area contributed by atoms with Crippen molar-refractivity contribution in [3.8, 4) is 0 Å². The van der Waals surface area contributed by atoms with Gasteiger partial charge in [-0.05, 0) is 31.0 Å². The van der Waals surface area contributed by atoms with Crippen molar-refractivity contribution in [3.63, 3.8) is 0 Å². The Morgan fingerprint density at radius 2 is 1.67 bits per heavy atom. The zero-order valence-electron chi connectivity index (χ0n) is 12.9. The molecule has 0 radical (unpaired) electrons. The highest BCUT2D eigenvalue weighted by Gasteiger charge is 2.18. The number of halogens is 2. The van der Waals surface area contributed by atoms with Crippen molar-refractivity contribution in [1.82, 2.24) is 10.6 Å². The van der Waals surface area contributed by atoms with E-state index >= 15 is 0 Å². The van der Waals surface area contributed by atoms with Gasteiger partial charge in [0.15, 0.2) is 6.61 Å². The number of amides is 3. The molecule has 1 fully saturated rings. The first-order valence-corrected chi connectivity index (χ1v) is 8.43. The molecule has 1 saturated carbocycles. The van der Waals surface area contributed by atoms with Crippen LogP contribution in [-0.2, 0) is 9.53 Å². The van der Waals surface area contributed by atoms with E-state index in [4.69, 9.17) is 27.9 Å². The SMILES string of the molecule is O=C(COC(=O)c1cc(Cl)cc(Cl)c1)NC(=O)NC1CCCCC1. The molecular formula is C16H18Cl2N2O4. The number of benzene rings is 1. The van der Waals surface area contributed by atoms with Crippen molar-refractivity contribution in [1.29, 1.82) is 0 Å². The van der Waals surface area contributed by atoms with Gasteiger partial charge in [-0.1, -0.05) is 42.5 Å². The molecule has 0 bridgehead atoms. The van der Waals surface area contributed by atoms with E-state index in [2.05, 4.69) is 10.6 Å². The second-order valence-corrected chi connectivity index (χ2v) is 6.46. The summed E-state index contributed by atoms with van der Waals surface area (Å²) in [4.78, 5) is 35.2. The highest BCUT2D eigenvalue weighted by molar-refractivity contribution is 6.35. The lowest BCUT2D eigenvalue weighted by Crippen LogP contribution is -2.46. The summed E-state index contributed by atoms with van der Waals surface area (Å²) in [5.41, 5.74) is 0.131. The molecule has 0 saturated heterocycles. The number of carbonyl (C=O) groups excluding carboxylic acids is 3. The molecule has 0 heterocycles. The Morgan fingerprint density at radius 1 is 1.04 bits per heavy atom. The Bertz CT molecular complexity index is 610. The van der Waals surface area contributed by atoms with Crippen LogP contribution in [0.2, 0.25) is 10.0 Å². The molecule has 3 amide bonds. The lowest BCUT2D eigenvalue weighted by Gasteiger charge is -2.22. The molecule has 0 aliphatic heterocycles. The fourth-order valence-electron chi connectivity index (χ4n) is 2.52. The van der Waals surface area contributed by atoms with Crippen LogP contribution in [-0.4, -0.2) is 30.6 Å². The highest BCUT2D eigenvalue weighted by atomic mass is 35.5. The van der Waals surface area contributed by atoms with Crippen molar-refractivity contribution >= 4 is 41.1 Å². The van der Waals surface area contributed by atoms with E-state index in [9.17, 15) is 14.4 Å². The standard InChI is InChI=1S/C16H18Cl2N2O4/c17-11-6-10(7-12(18)8-11)15(22)24-9-14(21)20-16(23)19-13-4-2-1-3-5-13/h6-8,13H,1-5,9H2,(H2,19,20,21,23). The average molecular weight is 373 g/mol. The summed E-state index contributed by atoms with van der Waals surface area (Å²) < 4.78 is 4.84. The highest BCUT2D eigenvalue weighted by Crippen LogP contribution is 2.19. The van der Waals surface area contributed by atoms with E-state index in [1.165, 1.54) is 24.6 Å². The second-order valence-electron chi connectivity index (χ2n) is 5.59. The zero-order chi connectivity index (χ0) is 17.5. The third-order valence-electron chi connectivity index (χ3n) is 3.63. The molecule has 0 unspecified atom stereocenters. The fraction of sp³-hybridized carbons (Fsp3) is 0.438. The minimum absolute atomic E-state index is 0.0858. The van der Waals surface area contributed by atoms with Gasteiger partial charge in [-0.2, -0.15) is 0 Å². The van der Waals surface area contributed by atoms with Crippen LogP contribution in [0.25, 0.3) is 0 Å². The van der Waals surface area contributed by atoms with E-state index in [1.807, 2.05) is 0 Å². The third-order valence-corrected chi connectivity index (χ3v) is 4.06. The molecule has 130 valence electrons. The number of nitrogens with one attached hydrogen (secondary N) is 2. The van der Waals surface area contributed by atoms with Gasteiger partial charge >= 0.3 is 12.0 Å². The quantitative estimate of drug-likeness (QED) is 0.793.